The highest BCUT2D eigenvalue weighted by atomic mass is 16.3. The molecule has 3 heteroatoms. The molecule has 0 saturated heterocycles. The average molecular weight is 228 g/mol. The van der Waals surface area contributed by atoms with Crippen LogP contribution in [-0.2, 0) is 13.0 Å². The fourth-order valence-electron chi connectivity index (χ4n) is 2.72. The first-order valence-corrected chi connectivity index (χ1v) is 6.12. The lowest BCUT2D eigenvalue weighted by Gasteiger charge is -2.25. The lowest BCUT2D eigenvalue weighted by Crippen LogP contribution is -2.15. The maximum Gasteiger partial charge on any atom is 0.153 e. The molecule has 0 saturated carbocycles. The Kier molecular flexibility index (Phi) is 2.59. The van der Waals surface area contributed by atoms with E-state index in [0.29, 0.717) is 5.92 Å². The van der Waals surface area contributed by atoms with Crippen molar-refractivity contribution in [3.63, 3.8) is 0 Å². The van der Waals surface area contributed by atoms with Crippen LogP contribution in [0.1, 0.15) is 29.9 Å². The third-order valence-corrected chi connectivity index (χ3v) is 3.52. The highest BCUT2D eigenvalue weighted by Crippen LogP contribution is 2.32. The van der Waals surface area contributed by atoms with Gasteiger partial charge in [-0.05, 0) is 30.4 Å². The molecule has 1 heterocycles. The molecule has 1 unspecified atom stereocenters. The van der Waals surface area contributed by atoms with Crippen LogP contribution in [0.15, 0.2) is 36.7 Å². The third kappa shape index (κ3) is 2.05. The summed E-state index contributed by atoms with van der Waals surface area (Å²) < 4.78 is 1.84. The van der Waals surface area contributed by atoms with Gasteiger partial charge in [0.05, 0.1) is 12.4 Å². The summed E-state index contributed by atoms with van der Waals surface area (Å²) in [6.07, 6.45) is 6.83. The van der Waals surface area contributed by atoms with E-state index >= 15 is 0 Å². The van der Waals surface area contributed by atoms with Gasteiger partial charge in [0.15, 0.2) is 5.75 Å². The van der Waals surface area contributed by atoms with Crippen LogP contribution in [-0.4, -0.2) is 14.9 Å². The lowest BCUT2D eigenvalue weighted by atomic mass is 9.83. The van der Waals surface area contributed by atoms with Crippen molar-refractivity contribution in [1.82, 2.24) is 9.78 Å². The average Bonchev–Trinajstić information content (AvgIpc) is 2.75. The van der Waals surface area contributed by atoms with Crippen LogP contribution in [0.5, 0.6) is 5.75 Å². The molecular formula is C14H16N2O. The summed E-state index contributed by atoms with van der Waals surface area (Å²) >= 11 is 0. The maximum absolute atomic E-state index is 9.29. The van der Waals surface area contributed by atoms with Crippen molar-refractivity contribution in [3.05, 3.63) is 47.8 Å². The van der Waals surface area contributed by atoms with Crippen LogP contribution in [0.3, 0.4) is 0 Å². The van der Waals surface area contributed by atoms with Crippen LogP contribution < -0.4 is 0 Å². The summed E-state index contributed by atoms with van der Waals surface area (Å²) in [5.74, 6) is 0.772. The molecule has 0 spiro atoms. The Morgan fingerprint density at radius 2 is 2.24 bits per heavy atom. The standard InChI is InChI=1S/C14H16N2O/c17-13-8-15-16(10-13)9-12-6-3-5-11-4-1-2-7-14(11)12/h1-2,4,7-8,10,12,17H,3,5-6,9H2. The van der Waals surface area contributed by atoms with Gasteiger partial charge in [0.2, 0.25) is 0 Å². The summed E-state index contributed by atoms with van der Waals surface area (Å²) in [5, 5.41) is 13.4. The van der Waals surface area contributed by atoms with Crippen LogP contribution in [0.4, 0.5) is 0 Å². The van der Waals surface area contributed by atoms with Crippen molar-refractivity contribution in [1.29, 1.82) is 0 Å². The zero-order chi connectivity index (χ0) is 11.7. The molecule has 1 aliphatic rings. The number of rotatable bonds is 2. The predicted molar refractivity (Wildman–Crippen MR) is 66.0 cm³/mol. The van der Waals surface area contributed by atoms with Gasteiger partial charge in [-0.3, -0.25) is 4.68 Å². The van der Waals surface area contributed by atoms with Crippen molar-refractivity contribution in [3.8, 4) is 5.75 Å². The van der Waals surface area contributed by atoms with E-state index in [9.17, 15) is 5.11 Å². The van der Waals surface area contributed by atoms with Gasteiger partial charge in [-0.25, -0.2) is 0 Å². The molecule has 0 radical (unpaired) electrons. The molecule has 0 bridgehead atoms. The van der Waals surface area contributed by atoms with E-state index in [4.69, 9.17) is 0 Å². The number of benzene rings is 1. The summed E-state index contributed by atoms with van der Waals surface area (Å²) in [5.41, 5.74) is 2.92. The Balaban J connectivity index is 1.85. The summed E-state index contributed by atoms with van der Waals surface area (Å²) in [7, 11) is 0. The van der Waals surface area contributed by atoms with E-state index in [1.54, 1.807) is 6.20 Å². The minimum atomic E-state index is 0.245. The van der Waals surface area contributed by atoms with Crippen LogP contribution in [0.25, 0.3) is 0 Å². The predicted octanol–water partition coefficient (Wildman–Crippen LogP) is 2.71. The smallest absolute Gasteiger partial charge is 0.153 e. The first-order chi connectivity index (χ1) is 8.33. The summed E-state index contributed by atoms with van der Waals surface area (Å²) in [6.45, 7) is 0.859. The van der Waals surface area contributed by atoms with E-state index in [-0.39, 0.29) is 5.75 Å². The van der Waals surface area contributed by atoms with Gasteiger partial charge in [-0.2, -0.15) is 5.10 Å². The van der Waals surface area contributed by atoms with Gasteiger partial charge in [0.25, 0.3) is 0 Å². The molecule has 1 aliphatic carbocycles. The molecule has 1 aromatic carbocycles. The molecule has 1 N–H and O–H groups in total. The van der Waals surface area contributed by atoms with Gasteiger partial charge in [0, 0.05) is 12.5 Å². The lowest BCUT2D eigenvalue weighted by molar-refractivity contribution is 0.450. The van der Waals surface area contributed by atoms with Crippen molar-refractivity contribution in [2.75, 3.05) is 0 Å². The fourth-order valence-corrected chi connectivity index (χ4v) is 2.72. The van der Waals surface area contributed by atoms with Gasteiger partial charge >= 0.3 is 0 Å². The number of fused-ring (bicyclic) bond motifs is 1. The Morgan fingerprint density at radius 1 is 1.35 bits per heavy atom. The second-order valence-electron chi connectivity index (χ2n) is 4.71. The first-order valence-electron chi connectivity index (χ1n) is 6.12. The van der Waals surface area contributed by atoms with Crippen LogP contribution in [0.2, 0.25) is 0 Å². The maximum atomic E-state index is 9.29. The molecular weight excluding hydrogens is 212 g/mol. The van der Waals surface area contributed by atoms with E-state index in [0.717, 1.165) is 6.54 Å². The summed E-state index contributed by atoms with van der Waals surface area (Å²) in [6, 6.07) is 8.67. The second-order valence-corrected chi connectivity index (χ2v) is 4.71. The Labute approximate surface area is 101 Å². The molecule has 3 rings (SSSR count). The number of aromatic nitrogens is 2. The quantitative estimate of drug-likeness (QED) is 0.858. The van der Waals surface area contributed by atoms with Gasteiger partial charge < -0.3 is 5.11 Å². The third-order valence-electron chi connectivity index (χ3n) is 3.52. The molecule has 0 amide bonds. The SMILES string of the molecule is Oc1cnn(CC2CCCc3ccccc32)c1. The fraction of sp³-hybridized carbons (Fsp3) is 0.357. The molecule has 17 heavy (non-hydrogen) atoms. The Morgan fingerprint density at radius 3 is 3.06 bits per heavy atom. The van der Waals surface area contributed by atoms with E-state index in [1.807, 2.05) is 4.68 Å². The van der Waals surface area contributed by atoms with Gasteiger partial charge in [0.1, 0.15) is 0 Å². The van der Waals surface area contributed by atoms with E-state index in [1.165, 1.54) is 36.6 Å². The monoisotopic (exact) mass is 228 g/mol. The molecule has 0 fully saturated rings. The number of aryl methyl sites for hydroxylation is 1. The van der Waals surface area contributed by atoms with Crippen molar-refractivity contribution in [2.24, 2.45) is 0 Å². The largest absolute Gasteiger partial charge is 0.505 e. The molecule has 1 aromatic heterocycles. The van der Waals surface area contributed by atoms with E-state index < -0.39 is 0 Å². The zero-order valence-electron chi connectivity index (χ0n) is 9.71. The Bertz CT molecular complexity index is 518. The van der Waals surface area contributed by atoms with Gasteiger partial charge in [-0.1, -0.05) is 24.3 Å². The van der Waals surface area contributed by atoms with Gasteiger partial charge in [-0.15, -0.1) is 0 Å². The highest BCUT2D eigenvalue weighted by Gasteiger charge is 2.20. The summed E-state index contributed by atoms with van der Waals surface area (Å²) in [4.78, 5) is 0. The topological polar surface area (TPSA) is 38.1 Å². The first kappa shape index (κ1) is 10.4. The number of nitrogens with zero attached hydrogens (tertiary/aromatic N) is 2. The van der Waals surface area contributed by atoms with Crippen LogP contribution >= 0.6 is 0 Å². The minimum Gasteiger partial charge on any atom is -0.505 e. The normalized spacial score (nSPS) is 18.9. The number of hydrogen-bond acceptors (Lipinski definition) is 2. The second kappa shape index (κ2) is 4.24. The molecule has 88 valence electrons. The van der Waals surface area contributed by atoms with Crippen molar-refractivity contribution in [2.45, 2.75) is 31.7 Å². The molecule has 0 aliphatic heterocycles. The van der Waals surface area contributed by atoms with E-state index in [2.05, 4.69) is 29.4 Å². The van der Waals surface area contributed by atoms with Crippen molar-refractivity contribution >= 4 is 0 Å². The number of hydrogen-bond donors (Lipinski definition) is 1. The van der Waals surface area contributed by atoms with Crippen molar-refractivity contribution < 1.29 is 5.11 Å². The molecule has 1 atom stereocenters. The highest BCUT2D eigenvalue weighted by molar-refractivity contribution is 5.32. The molecule has 2 aromatic rings. The minimum absolute atomic E-state index is 0.245. The molecule has 3 nitrogen and oxygen atoms in total. The Hall–Kier alpha value is -1.77. The van der Waals surface area contributed by atoms with Crippen LogP contribution in [0, 0.1) is 0 Å². The number of aromatic hydroxyl groups is 1. The zero-order valence-corrected chi connectivity index (χ0v) is 9.71.